The summed E-state index contributed by atoms with van der Waals surface area (Å²) < 4.78 is 4.66. The number of nitrogens with zero attached hydrogens (tertiary/aromatic N) is 1. The van der Waals surface area contributed by atoms with Gasteiger partial charge in [-0.1, -0.05) is 78.9 Å². The molecule has 0 saturated carbocycles. The van der Waals surface area contributed by atoms with Crippen molar-refractivity contribution < 1.29 is 14.3 Å². The summed E-state index contributed by atoms with van der Waals surface area (Å²) in [4.78, 5) is 26.2. The summed E-state index contributed by atoms with van der Waals surface area (Å²) in [5.41, 5.74) is 4.76. The molecule has 2 amide bonds. The van der Waals surface area contributed by atoms with Gasteiger partial charge in [-0.2, -0.15) is 0 Å². The molecule has 0 fully saturated rings. The zero-order valence-electron chi connectivity index (χ0n) is 19.8. The van der Waals surface area contributed by atoms with Gasteiger partial charge in [0.25, 0.3) is 0 Å². The van der Waals surface area contributed by atoms with Crippen molar-refractivity contribution >= 4 is 35.9 Å². The first-order chi connectivity index (χ1) is 16.4. The van der Waals surface area contributed by atoms with E-state index in [1.807, 2.05) is 80.6 Å². The van der Waals surface area contributed by atoms with Gasteiger partial charge in [0.1, 0.15) is 0 Å². The number of anilines is 1. The molecule has 0 bridgehead atoms. The van der Waals surface area contributed by atoms with Gasteiger partial charge in [-0.05, 0) is 54.3 Å². The summed E-state index contributed by atoms with van der Waals surface area (Å²) in [6.45, 7) is 4.27. The maximum Gasteiger partial charge on any atom is 0.330 e. The molecular formula is C29H30N2O3. The third-order valence-electron chi connectivity index (χ3n) is 5.04. The van der Waals surface area contributed by atoms with Crippen molar-refractivity contribution in [2.24, 2.45) is 0 Å². The first kappa shape index (κ1) is 24.5. The van der Waals surface area contributed by atoms with E-state index in [1.54, 1.807) is 11.0 Å². The number of carbonyl (C=O) groups excluding carboxylic acids is 2. The van der Waals surface area contributed by atoms with E-state index in [9.17, 15) is 9.59 Å². The molecule has 0 spiro atoms. The number of urea groups is 1. The zero-order valence-corrected chi connectivity index (χ0v) is 19.8. The second-order valence-corrected chi connectivity index (χ2v) is 8.13. The highest BCUT2D eigenvalue weighted by molar-refractivity contribution is 5.93. The van der Waals surface area contributed by atoms with Gasteiger partial charge in [-0.25, -0.2) is 9.59 Å². The van der Waals surface area contributed by atoms with E-state index in [0.717, 1.165) is 27.9 Å². The SMILES string of the molecule is COC(=O)/C=C/c1cccc(N(Cc2ccc(/C=C/c3ccccc3)cc2)C(=O)NC(C)C)c1. The van der Waals surface area contributed by atoms with Gasteiger partial charge in [-0.15, -0.1) is 0 Å². The number of carbonyl (C=O) groups is 2. The molecule has 34 heavy (non-hydrogen) atoms. The molecule has 5 nitrogen and oxygen atoms in total. The lowest BCUT2D eigenvalue weighted by Crippen LogP contribution is -2.42. The molecule has 0 aromatic heterocycles. The third-order valence-corrected chi connectivity index (χ3v) is 5.04. The number of methoxy groups -OCH3 is 1. The standard InChI is InChI=1S/C29H30N2O3/c1-22(2)30-29(33)31(27-11-7-10-25(20-27)18-19-28(32)34-3)21-26-16-14-24(15-17-26)13-12-23-8-5-4-6-9-23/h4-20,22H,21H2,1-3H3,(H,30,33)/b13-12+,19-18+. The molecule has 0 saturated heterocycles. The molecule has 0 aliphatic heterocycles. The number of benzene rings is 3. The minimum atomic E-state index is -0.429. The lowest BCUT2D eigenvalue weighted by molar-refractivity contribution is -0.134. The topological polar surface area (TPSA) is 58.6 Å². The Balaban J connectivity index is 1.80. The van der Waals surface area contributed by atoms with Crippen LogP contribution < -0.4 is 10.2 Å². The fraction of sp³-hybridized carbons (Fsp3) is 0.172. The van der Waals surface area contributed by atoms with E-state index < -0.39 is 5.97 Å². The zero-order chi connectivity index (χ0) is 24.3. The Morgan fingerprint density at radius 2 is 1.50 bits per heavy atom. The summed E-state index contributed by atoms with van der Waals surface area (Å²) in [6, 6.07) is 25.6. The van der Waals surface area contributed by atoms with Crippen LogP contribution in [0, 0.1) is 0 Å². The molecule has 0 radical (unpaired) electrons. The second kappa shape index (κ2) is 12.2. The van der Waals surface area contributed by atoms with Gasteiger partial charge in [0.2, 0.25) is 0 Å². The fourth-order valence-electron chi connectivity index (χ4n) is 3.31. The van der Waals surface area contributed by atoms with Gasteiger partial charge < -0.3 is 10.1 Å². The van der Waals surface area contributed by atoms with Gasteiger partial charge in [0, 0.05) is 17.8 Å². The average Bonchev–Trinajstić information content (AvgIpc) is 2.85. The summed E-state index contributed by atoms with van der Waals surface area (Å²) in [7, 11) is 1.34. The first-order valence-corrected chi connectivity index (χ1v) is 11.2. The van der Waals surface area contributed by atoms with Crippen LogP contribution >= 0.6 is 0 Å². The van der Waals surface area contributed by atoms with Crippen molar-refractivity contribution in [1.29, 1.82) is 0 Å². The quantitative estimate of drug-likeness (QED) is 0.252. The molecule has 0 aliphatic rings. The normalized spacial score (nSPS) is 11.2. The van der Waals surface area contributed by atoms with E-state index in [0.29, 0.717) is 6.54 Å². The van der Waals surface area contributed by atoms with E-state index in [1.165, 1.54) is 13.2 Å². The van der Waals surface area contributed by atoms with Crippen LogP contribution in [0.5, 0.6) is 0 Å². The molecule has 5 heteroatoms. The van der Waals surface area contributed by atoms with E-state index >= 15 is 0 Å². The highest BCUT2D eigenvalue weighted by atomic mass is 16.5. The maximum atomic E-state index is 13.0. The second-order valence-electron chi connectivity index (χ2n) is 8.13. The van der Waals surface area contributed by atoms with Crippen LogP contribution in [0.2, 0.25) is 0 Å². The van der Waals surface area contributed by atoms with Crippen LogP contribution in [-0.4, -0.2) is 25.2 Å². The van der Waals surface area contributed by atoms with Crippen molar-refractivity contribution in [3.8, 4) is 0 Å². The Kier molecular flexibility index (Phi) is 8.81. The predicted octanol–water partition coefficient (Wildman–Crippen LogP) is 6.17. The van der Waals surface area contributed by atoms with Crippen molar-refractivity contribution in [2.75, 3.05) is 12.0 Å². The number of hydrogen-bond donors (Lipinski definition) is 1. The van der Waals surface area contributed by atoms with Crippen molar-refractivity contribution in [3.63, 3.8) is 0 Å². The summed E-state index contributed by atoms with van der Waals surface area (Å²) >= 11 is 0. The monoisotopic (exact) mass is 454 g/mol. The first-order valence-electron chi connectivity index (χ1n) is 11.2. The molecule has 174 valence electrons. The molecule has 1 N–H and O–H groups in total. The number of ether oxygens (including phenoxy) is 1. The lowest BCUT2D eigenvalue weighted by Gasteiger charge is -2.25. The van der Waals surface area contributed by atoms with E-state index in [-0.39, 0.29) is 12.1 Å². The van der Waals surface area contributed by atoms with Gasteiger partial charge >= 0.3 is 12.0 Å². The summed E-state index contributed by atoms with van der Waals surface area (Å²) in [5, 5.41) is 2.97. The fourth-order valence-corrected chi connectivity index (χ4v) is 3.31. The Hall–Kier alpha value is -4.12. The number of rotatable bonds is 8. The maximum absolute atomic E-state index is 13.0. The van der Waals surface area contributed by atoms with Crippen LogP contribution in [0.25, 0.3) is 18.2 Å². The summed E-state index contributed by atoms with van der Waals surface area (Å²) in [5.74, 6) is -0.429. The molecule has 0 heterocycles. The predicted molar refractivity (Wildman–Crippen MR) is 139 cm³/mol. The smallest absolute Gasteiger partial charge is 0.330 e. The van der Waals surface area contributed by atoms with Crippen LogP contribution in [0.1, 0.15) is 36.1 Å². The Labute approximate surface area is 201 Å². The Morgan fingerprint density at radius 1 is 0.853 bits per heavy atom. The van der Waals surface area contributed by atoms with Crippen LogP contribution in [0.3, 0.4) is 0 Å². The van der Waals surface area contributed by atoms with Crippen LogP contribution in [0.4, 0.5) is 10.5 Å². The summed E-state index contributed by atoms with van der Waals surface area (Å²) in [6.07, 6.45) is 7.17. The van der Waals surface area contributed by atoms with Crippen LogP contribution in [-0.2, 0) is 16.1 Å². The molecule has 0 atom stereocenters. The number of esters is 1. The number of hydrogen-bond acceptors (Lipinski definition) is 3. The van der Waals surface area contributed by atoms with E-state index in [2.05, 4.69) is 34.3 Å². The van der Waals surface area contributed by atoms with Crippen molar-refractivity contribution in [3.05, 3.63) is 107 Å². The molecule has 0 aliphatic carbocycles. The van der Waals surface area contributed by atoms with Gasteiger partial charge in [0.05, 0.1) is 13.7 Å². The highest BCUT2D eigenvalue weighted by Gasteiger charge is 2.17. The van der Waals surface area contributed by atoms with Crippen molar-refractivity contribution in [2.45, 2.75) is 26.4 Å². The van der Waals surface area contributed by atoms with Crippen LogP contribution in [0.15, 0.2) is 84.9 Å². The average molecular weight is 455 g/mol. The third kappa shape index (κ3) is 7.48. The minimum Gasteiger partial charge on any atom is -0.466 e. The number of nitrogens with one attached hydrogen (secondary N) is 1. The van der Waals surface area contributed by atoms with Gasteiger partial charge in [0.15, 0.2) is 0 Å². The molecular weight excluding hydrogens is 424 g/mol. The van der Waals surface area contributed by atoms with E-state index in [4.69, 9.17) is 0 Å². The Morgan fingerprint density at radius 3 is 2.15 bits per heavy atom. The highest BCUT2D eigenvalue weighted by Crippen LogP contribution is 2.21. The minimum absolute atomic E-state index is 0.00269. The van der Waals surface area contributed by atoms with Gasteiger partial charge in [-0.3, -0.25) is 4.90 Å². The molecule has 0 unspecified atom stereocenters. The molecule has 3 aromatic carbocycles. The largest absolute Gasteiger partial charge is 0.466 e. The molecule has 3 aromatic rings. The Bertz CT molecular complexity index is 1150. The molecule has 3 rings (SSSR count). The number of amides is 2. The lowest BCUT2D eigenvalue weighted by atomic mass is 10.1. The van der Waals surface area contributed by atoms with Crippen molar-refractivity contribution in [1.82, 2.24) is 5.32 Å².